The lowest BCUT2D eigenvalue weighted by Gasteiger charge is -2.15. The average molecular weight is 443 g/mol. The van der Waals surface area contributed by atoms with Gasteiger partial charge in [0.05, 0.1) is 11.1 Å². The van der Waals surface area contributed by atoms with E-state index in [0.717, 1.165) is 56.1 Å². The highest BCUT2D eigenvalue weighted by Gasteiger charge is 2.19. The van der Waals surface area contributed by atoms with Gasteiger partial charge in [0.2, 0.25) is 6.29 Å². The highest BCUT2D eigenvalue weighted by atomic mass is 17.3. The van der Waals surface area contributed by atoms with E-state index in [1.54, 1.807) is 24.3 Å². The second-order valence-electron chi connectivity index (χ2n) is 7.67. The van der Waals surface area contributed by atoms with Gasteiger partial charge in [0.1, 0.15) is 0 Å². The number of hydrogen-bond acceptors (Lipinski definition) is 6. The van der Waals surface area contributed by atoms with E-state index in [0.29, 0.717) is 17.5 Å². The van der Waals surface area contributed by atoms with Crippen LogP contribution in [0.25, 0.3) is 0 Å². The average Bonchev–Trinajstić information content (AvgIpc) is 2.84. The van der Waals surface area contributed by atoms with Crippen molar-refractivity contribution in [3.63, 3.8) is 0 Å². The van der Waals surface area contributed by atoms with Crippen molar-refractivity contribution >= 4 is 11.9 Å². The summed E-state index contributed by atoms with van der Waals surface area (Å²) in [5.41, 5.74) is 2.98. The molecule has 32 heavy (non-hydrogen) atoms. The number of carbonyl (C=O) groups is 2. The van der Waals surface area contributed by atoms with Gasteiger partial charge in [-0.1, -0.05) is 70.7 Å². The fraction of sp³-hybridized carbons (Fsp3) is 0.462. The highest BCUT2D eigenvalue weighted by Crippen LogP contribution is 2.15. The zero-order chi connectivity index (χ0) is 23.2. The van der Waals surface area contributed by atoms with Crippen LogP contribution in [0.4, 0.5) is 0 Å². The largest absolute Gasteiger partial charge is 0.373 e. The van der Waals surface area contributed by atoms with Gasteiger partial charge >= 0.3 is 11.9 Å². The Balaban J connectivity index is 1.89. The minimum Gasteiger partial charge on any atom is -0.290 e. The van der Waals surface area contributed by atoms with E-state index >= 15 is 0 Å². The van der Waals surface area contributed by atoms with Crippen molar-refractivity contribution in [2.24, 2.45) is 0 Å². The third-order valence-electron chi connectivity index (χ3n) is 5.20. The van der Waals surface area contributed by atoms with Crippen LogP contribution in [0.1, 0.15) is 91.1 Å². The Morgan fingerprint density at radius 1 is 0.656 bits per heavy atom. The molecule has 0 radical (unpaired) electrons. The first-order chi connectivity index (χ1) is 15.6. The summed E-state index contributed by atoms with van der Waals surface area (Å²) in [7, 11) is 0. The number of unbranched alkanes of at least 4 members (excludes halogenated alkanes) is 4. The summed E-state index contributed by atoms with van der Waals surface area (Å²) >= 11 is 0. The lowest BCUT2D eigenvalue weighted by atomic mass is 10.1. The van der Waals surface area contributed by atoms with Crippen molar-refractivity contribution < 1.29 is 29.1 Å². The smallest absolute Gasteiger partial charge is 0.290 e. The van der Waals surface area contributed by atoms with Crippen molar-refractivity contribution in [2.45, 2.75) is 78.4 Å². The SMILES string of the molecule is CCCCCCCC(OOC(=O)c1ccc(CC)cc1)OOC(=O)c1ccc(CC)cc1. The fourth-order valence-electron chi connectivity index (χ4n) is 3.07. The predicted octanol–water partition coefficient (Wildman–Crippen LogP) is 6.38. The Hall–Kier alpha value is -2.70. The van der Waals surface area contributed by atoms with Crippen LogP contribution >= 0.6 is 0 Å². The van der Waals surface area contributed by atoms with Crippen LogP contribution in [0.15, 0.2) is 48.5 Å². The molecule has 6 nitrogen and oxygen atoms in total. The number of aryl methyl sites for hydroxylation is 2. The van der Waals surface area contributed by atoms with Crippen LogP contribution in [0.3, 0.4) is 0 Å². The van der Waals surface area contributed by atoms with E-state index in [-0.39, 0.29) is 0 Å². The van der Waals surface area contributed by atoms with Gasteiger partial charge in [-0.2, -0.15) is 0 Å². The van der Waals surface area contributed by atoms with Gasteiger partial charge in [0.25, 0.3) is 0 Å². The van der Waals surface area contributed by atoms with Gasteiger partial charge in [-0.05, 0) is 54.7 Å². The monoisotopic (exact) mass is 442 g/mol. The molecule has 0 atom stereocenters. The van der Waals surface area contributed by atoms with Crippen molar-refractivity contribution in [3.8, 4) is 0 Å². The maximum Gasteiger partial charge on any atom is 0.373 e. The third-order valence-corrected chi connectivity index (χ3v) is 5.20. The van der Waals surface area contributed by atoms with Crippen molar-refractivity contribution in [1.82, 2.24) is 0 Å². The summed E-state index contributed by atoms with van der Waals surface area (Å²) in [6, 6.07) is 14.2. The molecule has 6 heteroatoms. The molecule has 2 aromatic rings. The molecule has 174 valence electrons. The Morgan fingerprint density at radius 3 is 1.50 bits per heavy atom. The minimum absolute atomic E-state index is 0.372. The molecule has 0 amide bonds. The molecule has 0 fully saturated rings. The lowest BCUT2D eigenvalue weighted by Crippen LogP contribution is -2.22. The topological polar surface area (TPSA) is 71.1 Å². The van der Waals surface area contributed by atoms with Gasteiger partial charge in [-0.25, -0.2) is 9.59 Å². The maximum atomic E-state index is 12.3. The summed E-state index contributed by atoms with van der Waals surface area (Å²) in [6.07, 6.45) is 6.33. The molecule has 0 saturated carbocycles. The second-order valence-corrected chi connectivity index (χ2v) is 7.67. The number of carbonyl (C=O) groups excluding carboxylic acids is 2. The summed E-state index contributed by atoms with van der Waals surface area (Å²) in [6.45, 7) is 6.23. The molecule has 0 spiro atoms. The van der Waals surface area contributed by atoms with Crippen LogP contribution in [0.5, 0.6) is 0 Å². The van der Waals surface area contributed by atoms with E-state index in [1.165, 1.54) is 0 Å². The van der Waals surface area contributed by atoms with Crippen LogP contribution in [0.2, 0.25) is 0 Å². The molecule has 0 heterocycles. The molecule has 0 aromatic heterocycles. The van der Waals surface area contributed by atoms with Crippen LogP contribution in [-0.4, -0.2) is 18.2 Å². The van der Waals surface area contributed by atoms with E-state index in [9.17, 15) is 9.59 Å². The zero-order valence-corrected chi connectivity index (χ0v) is 19.3. The van der Waals surface area contributed by atoms with E-state index in [2.05, 4.69) is 6.92 Å². The first-order valence-electron chi connectivity index (χ1n) is 11.5. The molecular weight excluding hydrogens is 408 g/mol. The van der Waals surface area contributed by atoms with Crippen LogP contribution in [-0.2, 0) is 32.4 Å². The molecule has 0 aliphatic carbocycles. The molecule has 2 aromatic carbocycles. The zero-order valence-electron chi connectivity index (χ0n) is 19.3. The standard InChI is InChI=1S/C26H34O6/c1-4-7-8-9-10-11-24(29-31-25(27)22-16-12-20(5-2)13-17-22)30-32-26(28)23-18-14-21(6-3)15-19-23/h12-19,24H,4-11H2,1-3H3. The minimum atomic E-state index is -1.01. The number of rotatable bonds is 14. The number of benzene rings is 2. The molecule has 0 unspecified atom stereocenters. The molecule has 0 aliphatic rings. The lowest BCUT2D eigenvalue weighted by molar-refractivity contribution is -0.421. The van der Waals surface area contributed by atoms with Gasteiger partial charge in [0, 0.05) is 6.42 Å². The Labute approximate surface area is 190 Å². The van der Waals surface area contributed by atoms with Crippen LogP contribution in [0, 0.1) is 0 Å². The van der Waals surface area contributed by atoms with E-state index < -0.39 is 18.2 Å². The quantitative estimate of drug-likeness (QED) is 0.146. The maximum absolute atomic E-state index is 12.3. The Bertz CT molecular complexity index is 750. The van der Waals surface area contributed by atoms with Gasteiger partial charge < -0.3 is 0 Å². The second kappa shape index (κ2) is 14.4. The van der Waals surface area contributed by atoms with E-state index in [1.807, 2.05) is 38.1 Å². The Morgan fingerprint density at radius 2 is 1.09 bits per heavy atom. The molecule has 0 saturated heterocycles. The first-order valence-corrected chi connectivity index (χ1v) is 11.5. The first kappa shape index (κ1) is 25.6. The summed E-state index contributed by atoms with van der Waals surface area (Å²) < 4.78 is 0. The normalized spacial score (nSPS) is 10.9. The van der Waals surface area contributed by atoms with Crippen LogP contribution < -0.4 is 0 Å². The van der Waals surface area contributed by atoms with Gasteiger partial charge in [-0.3, -0.25) is 9.78 Å². The fourth-order valence-corrected chi connectivity index (χ4v) is 3.07. The third kappa shape index (κ3) is 8.81. The predicted molar refractivity (Wildman–Crippen MR) is 122 cm³/mol. The molecule has 2 rings (SSSR count). The molecular formula is C26H34O6. The molecule has 0 bridgehead atoms. The highest BCUT2D eigenvalue weighted by molar-refractivity contribution is 5.89. The van der Waals surface area contributed by atoms with Crippen molar-refractivity contribution in [1.29, 1.82) is 0 Å². The summed E-state index contributed by atoms with van der Waals surface area (Å²) in [4.78, 5) is 44.8. The van der Waals surface area contributed by atoms with Crippen molar-refractivity contribution in [3.05, 3.63) is 70.8 Å². The van der Waals surface area contributed by atoms with Gasteiger partial charge in [0.15, 0.2) is 0 Å². The summed E-state index contributed by atoms with van der Waals surface area (Å²) in [5, 5.41) is 0. The van der Waals surface area contributed by atoms with Gasteiger partial charge in [-0.15, -0.1) is 9.78 Å². The summed E-state index contributed by atoms with van der Waals surface area (Å²) in [5.74, 6) is -1.26. The van der Waals surface area contributed by atoms with Crippen molar-refractivity contribution in [2.75, 3.05) is 0 Å². The number of hydrogen-bond donors (Lipinski definition) is 0. The molecule has 0 N–H and O–H groups in total. The van der Waals surface area contributed by atoms with E-state index in [4.69, 9.17) is 19.6 Å². The molecule has 0 aliphatic heterocycles. The Kier molecular flexibility index (Phi) is 11.5.